The average molecular weight is 341 g/mol. The van der Waals surface area contributed by atoms with Gasteiger partial charge in [0.2, 0.25) is 11.8 Å². The first-order valence-electron chi connectivity index (χ1n) is 9.11. The number of hydrogen-bond acceptors (Lipinski definition) is 5. The van der Waals surface area contributed by atoms with E-state index in [0.717, 1.165) is 37.3 Å². The molecule has 0 saturated heterocycles. The van der Waals surface area contributed by atoms with Gasteiger partial charge in [-0.3, -0.25) is 4.79 Å². The highest BCUT2D eigenvalue weighted by Gasteiger charge is 2.29. The monoisotopic (exact) mass is 341 g/mol. The predicted octanol–water partition coefficient (Wildman–Crippen LogP) is 3.08. The Bertz CT molecular complexity index is 767. The Morgan fingerprint density at radius 1 is 1.36 bits per heavy atom. The third kappa shape index (κ3) is 3.52. The van der Waals surface area contributed by atoms with Gasteiger partial charge in [0.1, 0.15) is 5.75 Å². The summed E-state index contributed by atoms with van der Waals surface area (Å²) in [6, 6.07) is 6.13. The highest BCUT2D eigenvalue weighted by molar-refractivity contribution is 5.76. The third-order valence-electron chi connectivity index (χ3n) is 4.85. The van der Waals surface area contributed by atoms with Crippen molar-refractivity contribution < 1.29 is 14.1 Å². The number of ether oxygens (including phenoxy) is 1. The van der Waals surface area contributed by atoms with Crippen molar-refractivity contribution in [3.8, 4) is 5.75 Å². The second-order valence-electron chi connectivity index (χ2n) is 6.74. The summed E-state index contributed by atoms with van der Waals surface area (Å²) in [6.45, 7) is 2.64. The average Bonchev–Trinajstić information content (AvgIpc) is 3.22. The van der Waals surface area contributed by atoms with Crippen LogP contribution in [0.2, 0.25) is 0 Å². The number of nitrogens with zero attached hydrogens (tertiary/aromatic N) is 2. The van der Waals surface area contributed by atoms with E-state index in [0.29, 0.717) is 31.3 Å². The van der Waals surface area contributed by atoms with E-state index in [2.05, 4.69) is 21.5 Å². The normalized spacial score (nSPS) is 18.8. The van der Waals surface area contributed by atoms with Crippen LogP contribution < -0.4 is 10.1 Å². The Morgan fingerprint density at radius 3 is 3.04 bits per heavy atom. The van der Waals surface area contributed by atoms with Crippen molar-refractivity contribution in [3.05, 3.63) is 41.0 Å². The molecule has 0 spiro atoms. The minimum atomic E-state index is 0.0193. The van der Waals surface area contributed by atoms with Crippen LogP contribution in [0.5, 0.6) is 5.75 Å². The number of fused-ring (bicyclic) bond motifs is 1. The van der Waals surface area contributed by atoms with Crippen molar-refractivity contribution >= 4 is 5.91 Å². The lowest BCUT2D eigenvalue weighted by atomic mass is 10.1. The van der Waals surface area contributed by atoms with Crippen molar-refractivity contribution in [2.45, 2.75) is 57.4 Å². The smallest absolute Gasteiger partial charge is 0.227 e. The summed E-state index contributed by atoms with van der Waals surface area (Å²) >= 11 is 0. The highest BCUT2D eigenvalue weighted by atomic mass is 16.5. The lowest BCUT2D eigenvalue weighted by Gasteiger charge is -2.15. The van der Waals surface area contributed by atoms with E-state index in [4.69, 9.17) is 9.26 Å². The molecule has 1 aromatic carbocycles. The largest absolute Gasteiger partial charge is 0.494 e. The zero-order valence-electron chi connectivity index (χ0n) is 14.5. The van der Waals surface area contributed by atoms with E-state index >= 15 is 0 Å². The number of rotatable bonds is 7. The minimum Gasteiger partial charge on any atom is -0.494 e. The summed E-state index contributed by atoms with van der Waals surface area (Å²) in [4.78, 5) is 16.7. The van der Waals surface area contributed by atoms with Gasteiger partial charge in [0.25, 0.3) is 0 Å². The fourth-order valence-electron chi connectivity index (χ4n) is 3.43. The topological polar surface area (TPSA) is 77.2 Å². The van der Waals surface area contributed by atoms with Crippen LogP contribution in [-0.2, 0) is 17.6 Å². The van der Waals surface area contributed by atoms with Crippen LogP contribution in [-0.4, -0.2) is 22.7 Å². The number of nitrogens with one attached hydrogen (secondary N) is 1. The first-order chi connectivity index (χ1) is 12.2. The molecule has 0 aliphatic heterocycles. The Labute approximate surface area is 147 Å². The first-order valence-corrected chi connectivity index (χ1v) is 9.11. The maximum atomic E-state index is 12.3. The molecule has 6 heteroatoms. The lowest BCUT2D eigenvalue weighted by molar-refractivity contribution is -0.121. The van der Waals surface area contributed by atoms with E-state index in [1.807, 2.05) is 19.1 Å². The van der Waals surface area contributed by atoms with Gasteiger partial charge in [-0.05, 0) is 49.8 Å². The standard InChI is InChI=1S/C19H23N3O3/c1-2-24-16-5-3-4-13-14(16)8-9-15(13)20-17(23)10-11-18-21-19(22-25-18)12-6-7-12/h3-5,12,15H,2,6-11H2,1H3,(H,20,23)/t15-/m0/s1. The van der Waals surface area contributed by atoms with Crippen molar-refractivity contribution in [2.75, 3.05) is 6.61 Å². The molecule has 25 heavy (non-hydrogen) atoms. The summed E-state index contributed by atoms with van der Waals surface area (Å²) in [7, 11) is 0. The van der Waals surface area contributed by atoms with Crippen LogP contribution in [0.15, 0.2) is 22.7 Å². The van der Waals surface area contributed by atoms with Gasteiger partial charge in [-0.25, -0.2) is 0 Å². The number of hydrogen-bond donors (Lipinski definition) is 1. The van der Waals surface area contributed by atoms with Crippen molar-refractivity contribution in [3.63, 3.8) is 0 Å². The number of benzene rings is 1. The summed E-state index contributed by atoms with van der Waals surface area (Å²) in [5.74, 6) is 2.79. The van der Waals surface area contributed by atoms with Crippen LogP contribution in [0.3, 0.4) is 0 Å². The molecule has 6 nitrogen and oxygen atoms in total. The van der Waals surface area contributed by atoms with Crippen LogP contribution >= 0.6 is 0 Å². The molecule has 4 rings (SSSR count). The fraction of sp³-hybridized carbons (Fsp3) is 0.526. The van der Waals surface area contributed by atoms with Gasteiger partial charge in [0.15, 0.2) is 5.82 Å². The molecule has 2 aromatic rings. The first kappa shape index (κ1) is 16.1. The molecule has 132 valence electrons. The number of aryl methyl sites for hydroxylation is 1. The molecule has 1 amide bonds. The molecule has 1 saturated carbocycles. The zero-order chi connectivity index (χ0) is 17.2. The number of amides is 1. The lowest BCUT2D eigenvalue weighted by Crippen LogP contribution is -2.27. The molecule has 1 N–H and O–H groups in total. The second-order valence-corrected chi connectivity index (χ2v) is 6.74. The maximum absolute atomic E-state index is 12.3. The SMILES string of the molecule is CCOc1cccc2c1CC[C@@H]2NC(=O)CCc1nc(C2CC2)no1. The molecule has 2 aliphatic rings. The quantitative estimate of drug-likeness (QED) is 0.837. The van der Waals surface area contributed by atoms with Crippen molar-refractivity contribution in [1.29, 1.82) is 0 Å². The Hall–Kier alpha value is -2.37. The predicted molar refractivity (Wildman–Crippen MR) is 91.4 cm³/mol. The van der Waals surface area contributed by atoms with Gasteiger partial charge < -0.3 is 14.6 Å². The molecule has 1 fully saturated rings. The molecule has 0 bridgehead atoms. The van der Waals surface area contributed by atoms with E-state index in [1.54, 1.807) is 0 Å². The van der Waals surface area contributed by atoms with Crippen LogP contribution in [0.1, 0.15) is 67.4 Å². The van der Waals surface area contributed by atoms with Crippen molar-refractivity contribution in [1.82, 2.24) is 15.5 Å². The van der Waals surface area contributed by atoms with E-state index < -0.39 is 0 Å². The van der Waals surface area contributed by atoms with Crippen molar-refractivity contribution in [2.24, 2.45) is 0 Å². The number of carbonyl (C=O) groups is 1. The van der Waals surface area contributed by atoms with E-state index in [9.17, 15) is 4.79 Å². The van der Waals surface area contributed by atoms with Gasteiger partial charge in [-0.1, -0.05) is 17.3 Å². The van der Waals surface area contributed by atoms with Crippen LogP contribution in [0, 0.1) is 0 Å². The highest BCUT2D eigenvalue weighted by Crippen LogP contribution is 2.38. The summed E-state index contributed by atoms with van der Waals surface area (Å²) in [6.07, 6.45) is 4.99. The minimum absolute atomic E-state index is 0.0193. The summed E-state index contributed by atoms with van der Waals surface area (Å²) in [5, 5.41) is 7.12. The van der Waals surface area contributed by atoms with Crippen LogP contribution in [0.4, 0.5) is 0 Å². The molecule has 2 aliphatic carbocycles. The molecular weight excluding hydrogens is 318 g/mol. The van der Waals surface area contributed by atoms with Gasteiger partial charge in [0.05, 0.1) is 12.6 Å². The third-order valence-corrected chi connectivity index (χ3v) is 4.85. The maximum Gasteiger partial charge on any atom is 0.227 e. The number of carbonyl (C=O) groups excluding carboxylic acids is 1. The Balaban J connectivity index is 1.33. The van der Waals surface area contributed by atoms with Gasteiger partial charge >= 0.3 is 0 Å². The fourth-order valence-corrected chi connectivity index (χ4v) is 3.43. The Kier molecular flexibility index (Phi) is 4.42. The van der Waals surface area contributed by atoms with Gasteiger partial charge in [-0.15, -0.1) is 0 Å². The van der Waals surface area contributed by atoms with E-state index in [-0.39, 0.29) is 11.9 Å². The molecule has 0 unspecified atom stereocenters. The molecular formula is C19H23N3O3. The van der Waals surface area contributed by atoms with Gasteiger partial charge in [-0.2, -0.15) is 4.98 Å². The molecule has 0 radical (unpaired) electrons. The van der Waals surface area contributed by atoms with Gasteiger partial charge in [0, 0.05) is 18.8 Å². The second kappa shape index (κ2) is 6.86. The van der Waals surface area contributed by atoms with Crippen LogP contribution in [0.25, 0.3) is 0 Å². The summed E-state index contributed by atoms with van der Waals surface area (Å²) in [5.41, 5.74) is 2.40. The van der Waals surface area contributed by atoms with E-state index in [1.165, 1.54) is 11.1 Å². The summed E-state index contributed by atoms with van der Waals surface area (Å²) < 4.78 is 10.9. The molecule has 1 heterocycles. The number of aromatic nitrogens is 2. The zero-order valence-corrected chi connectivity index (χ0v) is 14.5. The molecule has 1 aromatic heterocycles. The Morgan fingerprint density at radius 2 is 2.24 bits per heavy atom. The molecule has 1 atom stereocenters.